The third-order valence-corrected chi connectivity index (χ3v) is 6.97. The van der Waals surface area contributed by atoms with E-state index in [1.807, 2.05) is 31.4 Å². The van der Waals surface area contributed by atoms with Crippen LogP contribution in [-0.4, -0.2) is 55.4 Å². The predicted octanol–water partition coefficient (Wildman–Crippen LogP) is 4.30. The van der Waals surface area contributed by atoms with E-state index >= 15 is 0 Å². The van der Waals surface area contributed by atoms with Crippen LogP contribution < -0.4 is 20.4 Å². The largest absolute Gasteiger partial charge is 0.384 e. The number of ether oxygens (including phenoxy) is 1. The van der Waals surface area contributed by atoms with Gasteiger partial charge in [-0.1, -0.05) is 13.0 Å². The molecule has 5 rings (SSSR count). The summed E-state index contributed by atoms with van der Waals surface area (Å²) < 4.78 is 5.59. The number of methoxy groups -OCH3 is 1. The first kappa shape index (κ1) is 23.5. The lowest BCUT2D eigenvalue weighted by Crippen LogP contribution is -2.33. The molecule has 184 valence electrons. The Kier molecular flexibility index (Phi) is 6.58. The van der Waals surface area contributed by atoms with Crippen LogP contribution in [0, 0.1) is 6.92 Å². The van der Waals surface area contributed by atoms with Crippen molar-refractivity contribution in [3.05, 3.63) is 59.4 Å². The Morgan fingerprint density at radius 3 is 2.69 bits per heavy atom. The van der Waals surface area contributed by atoms with Crippen molar-refractivity contribution in [3.63, 3.8) is 0 Å². The fourth-order valence-corrected chi connectivity index (χ4v) is 5.28. The Balaban J connectivity index is 1.45. The number of rotatable bonds is 8. The molecule has 8 heteroatoms. The lowest BCUT2D eigenvalue weighted by Gasteiger charge is -2.24. The Bertz CT molecular complexity index is 1190. The summed E-state index contributed by atoms with van der Waals surface area (Å²) in [5.74, 6) is 2.34. The van der Waals surface area contributed by atoms with Gasteiger partial charge in [-0.3, -0.25) is 0 Å². The van der Waals surface area contributed by atoms with Crippen LogP contribution >= 0.6 is 0 Å². The fraction of sp³-hybridized carbons (Fsp3) is 0.444. The first-order valence-electron chi connectivity index (χ1n) is 12.4. The molecule has 0 amide bonds. The molecule has 1 atom stereocenters. The van der Waals surface area contributed by atoms with E-state index in [1.54, 1.807) is 7.11 Å². The van der Waals surface area contributed by atoms with E-state index in [0.717, 1.165) is 48.2 Å². The summed E-state index contributed by atoms with van der Waals surface area (Å²) >= 11 is 0. The van der Waals surface area contributed by atoms with E-state index in [4.69, 9.17) is 14.7 Å². The maximum atomic E-state index is 5.59. The van der Waals surface area contributed by atoms with Crippen molar-refractivity contribution in [2.45, 2.75) is 38.6 Å². The molecule has 0 aliphatic carbocycles. The number of fused-ring (bicyclic) bond motifs is 1. The molecular weight excluding hydrogens is 438 g/mol. The standard InChI is InChI=1S/C27H35N7O/c1-19-14-20(10-11-23(19)33-12-5-6-13-33)31-26-29-16-22-25(32-26)34(17-27(22,2)18-35-4)24-9-7-8-21(30-24)15-28-3/h7-11,14,16,28H,5-6,12-13,15,17-18H2,1-4H3,(H,29,31,32). The van der Waals surface area contributed by atoms with E-state index < -0.39 is 0 Å². The van der Waals surface area contributed by atoms with Gasteiger partial charge in [0.2, 0.25) is 5.95 Å². The number of nitrogens with zero attached hydrogens (tertiary/aromatic N) is 5. The summed E-state index contributed by atoms with van der Waals surface area (Å²) in [5.41, 5.74) is 5.41. The average molecular weight is 474 g/mol. The van der Waals surface area contributed by atoms with Crippen molar-refractivity contribution >= 4 is 29.0 Å². The molecule has 1 fully saturated rings. The number of pyridine rings is 1. The van der Waals surface area contributed by atoms with Crippen molar-refractivity contribution in [1.82, 2.24) is 20.3 Å². The van der Waals surface area contributed by atoms with E-state index in [0.29, 0.717) is 19.1 Å². The minimum atomic E-state index is -0.225. The molecule has 0 saturated carbocycles. The number of nitrogens with one attached hydrogen (secondary N) is 2. The molecule has 2 aliphatic heterocycles. The quantitative estimate of drug-likeness (QED) is 0.501. The van der Waals surface area contributed by atoms with Gasteiger partial charge < -0.3 is 25.2 Å². The second-order valence-electron chi connectivity index (χ2n) is 9.85. The second-order valence-corrected chi connectivity index (χ2v) is 9.85. The van der Waals surface area contributed by atoms with Crippen molar-refractivity contribution in [2.24, 2.45) is 0 Å². The van der Waals surface area contributed by atoms with Gasteiger partial charge in [-0.15, -0.1) is 0 Å². The van der Waals surface area contributed by atoms with Crippen LogP contribution in [0.1, 0.15) is 36.6 Å². The zero-order chi connectivity index (χ0) is 24.4. The predicted molar refractivity (Wildman–Crippen MR) is 141 cm³/mol. The van der Waals surface area contributed by atoms with E-state index in [-0.39, 0.29) is 5.41 Å². The normalized spacial score (nSPS) is 19.3. The van der Waals surface area contributed by atoms with Crippen LogP contribution in [0.3, 0.4) is 0 Å². The molecule has 0 bridgehead atoms. The zero-order valence-electron chi connectivity index (χ0n) is 21.1. The van der Waals surface area contributed by atoms with Crippen molar-refractivity contribution in [2.75, 3.05) is 55.5 Å². The van der Waals surface area contributed by atoms with Gasteiger partial charge in [0.1, 0.15) is 11.6 Å². The Labute approximate surface area is 207 Å². The maximum Gasteiger partial charge on any atom is 0.229 e. The summed E-state index contributed by atoms with van der Waals surface area (Å²) in [6, 6.07) is 12.6. The molecule has 1 unspecified atom stereocenters. The van der Waals surface area contributed by atoms with Crippen LogP contribution in [0.5, 0.6) is 0 Å². The lowest BCUT2D eigenvalue weighted by atomic mass is 9.87. The van der Waals surface area contributed by atoms with Gasteiger partial charge in [0.05, 0.1) is 12.3 Å². The first-order valence-corrected chi connectivity index (χ1v) is 12.4. The molecular formula is C27H35N7O. The number of hydrogen-bond donors (Lipinski definition) is 2. The van der Waals surface area contributed by atoms with Crippen LogP contribution in [0.4, 0.5) is 29.0 Å². The topological polar surface area (TPSA) is 78.4 Å². The van der Waals surface area contributed by atoms with E-state index in [1.165, 1.54) is 24.1 Å². The molecule has 3 aromatic rings. The average Bonchev–Trinajstić information content (AvgIpc) is 3.47. The van der Waals surface area contributed by atoms with Crippen molar-refractivity contribution in [3.8, 4) is 0 Å². The molecule has 1 saturated heterocycles. The molecule has 0 radical (unpaired) electrons. The Morgan fingerprint density at radius 2 is 1.94 bits per heavy atom. The third kappa shape index (κ3) is 4.68. The van der Waals surface area contributed by atoms with Crippen molar-refractivity contribution < 1.29 is 4.74 Å². The van der Waals surface area contributed by atoms with Gasteiger partial charge in [0, 0.05) is 61.8 Å². The lowest BCUT2D eigenvalue weighted by molar-refractivity contribution is 0.145. The smallest absolute Gasteiger partial charge is 0.229 e. The first-order chi connectivity index (χ1) is 17.0. The molecule has 1 aromatic carbocycles. The van der Waals surface area contributed by atoms with Gasteiger partial charge in [-0.2, -0.15) is 4.98 Å². The van der Waals surface area contributed by atoms with E-state index in [2.05, 4.69) is 57.5 Å². The minimum absolute atomic E-state index is 0.225. The molecule has 0 spiro atoms. The van der Waals surface area contributed by atoms with Crippen LogP contribution in [0.15, 0.2) is 42.6 Å². The highest BCUT2D eigenvalue weighted by molar-refractivity contribution is 5.70. The molecule has 4 heterocycles. The minimum Gasteiger partial charge on any atom is -0.384 e. The third-order valence-electron chi connectivity index (χ3n) is 6.97. The number of hydrogen-bond acceptors (Lipinski definition) is 8. The summed E-state index contributed by atoms with van der Waals surface area (Å²) in [7, 11) is 3.67. The number of benzene rings is 1. The molecule has 35 heavy (non-hydrogen) atoms. The van der Waals surface area contributed by atoms with E-state index in [9.17, 15) is 0 Å². The molecule has 2 N–H and O–H groups in total. The van der Waals surface area contributed by atoms with Gasteiger partial charge in [-0.05, 0) is 62.7 Å². The van der Waals surface area contributed by atoms with Gasteiger partial charge in [0.15, 0.2) is 0 Å². The SMILES string of the molecule is CNCc1cccc(N2CC(C)(COC)c3cnc(Nc4ccc(N5CCCC5)c(C)c4)nc32)n1. The highest BCUT2D eigenvalue weighted by Gasteiger charge is 2.42. The van der Waals surface area contributed by atoms with Crippen LogP contribution in [0.25, 0.3) is 0 Å². The Hall–Kier alpha value is -3.23. The monoisotopic (exact) mass is 473 g/mol. The van der Waals surface area contributed by atoms with Crippen LogP contribution in [-0.2, 0) is 16.7 Å². The van der Waals surface area contributed by atoms with Crippen molar-refractivity contribution in [1.29, 1.82) is 0 Å². The summed E-state index contributed by atoms with van der Waals surface area (Å²) in [6.07, 6.45) is 4.48. The summed E-state index contributed by atoms with van der Waals surface area (Å²) in [6.45, 7) is 8.68. The fourth-order valence-electron chi connectivity index (χ4n) is 5.28. The van der Waals surface area contributed by atoms with Gasteiger partial charge in [0.25, 0.3) is 0 Å². The highest BCUT2D eigenvalue weighted by Crippen LogP contribution is 2.43. The number of aryl methyl sites for hydroxylation is 1. The summed E-state index contributed by atoms with van der Waals surface area (Å²) in [4.78, 5) is 19.2. The maximum absolute atomic E-state index is 5.59. The molecule has 8 nitrogen and oxygen atoms in total. The highest BCUT2D eigenvalue weighted by atomic mass is 16.5. The number of aromatic nitrogens is 3. The van der Waals surface area contributed by atoms with Crippen LogP contribution in [0.2, 0.25) is 0 Å². The zero-order valence-corrected chi connectivity index (χ0v) is 21.1. The summed E-state index contributed by atoms with van der Waals surface area (Å²) in [5, 5.41) is 6.61. The van der Waals surface area contributed by atoms with Gasteiger partial charge >= 0.3 is 0 Å². The molecule has 2 aliphatic rings. The van der Waals surface area contributed by atoms with Gasteiger partial charge in [-0.25, -0.2) is 9.97 Å². The Morgan fingerprint density at radius 1 is 1.11 bits per heavy atom. The second kappa shape index (κ2) is 9.79. The molecule has 2 aromatic heterocycles. The number of anilines is 5.